The van der Waals surface area contributed by atoms with Gasteiger partial charge in [0.1, 0.15) is 11.9 Å². The quantitative estimate of drug-likeness (QED) is 0.857. The minimum atomic E-state index is -0.0573. The number of phenols is 1. The van der Waals surface area contributed by atoms with Crippen molar-refractivity contribution < 1.29 is 9.84 Å². The highest BCUT2D eigenvalue weighted by molar-refractivity contribution is 5.30. The molecule has 1 aliphatic rings. The van der Waals surface area contributed by atoms with Crippen LogP contribution >= 0.6 is 0 Å². The fourth-order valence-electron chi connectivity index (χ4n) is 2.59. The highest BCUT2D eigenvalue weighted by Gasteiger charge is 2.30. The zero-order chi connectivity index (χ0) is 13.4. The van der Waals surface area contributed by atoms with Crippen molar-refractivity contribution in [1.82, 2.24) is 14.8 Å². The van der Waals surface area contributed by atoms with E-state index in [0.717, 1.165) is 24.2 Å². The van der Waals surface area contributed by atoms with Gasteiger partial charge in [-0.1, -0.05) is 12.1 Å². The molecule has 0 fully saturated rings. The number of aromatic nitrogens is 3. The Morgan fingerprint density at radius 3 is 2.74 bits per heavy atom. The van der Waals surface area contributed by atoms with Crippen molar-refractivity contribution in [3.05, 3.63) is 35.7 Å². The molecule has 2 aromatic rings. The van der Waals surface area contributed by atoms with Crippen LogP contribution in [0, 0.1) is 0 Å². The smallest absolute Gasteiger partial charge is 0.239 e. The second-order valence-corrected chi connectivity index (χ2v) is 4.68. The lowest BCUT2D eigenvalue weighted by Crippen LogP contribution is -2.24. The van der Waals surface area contributed by atoms with Crippen LogP contribution in [0.4, 0.5) is 5.95 Å². The van der Waals surface area contributed by atoms with Gasteiger partial charge in [-0.3, -0.25) is 0 Å². The topological polar surface area (TPSA) is 86.2 Å². The molecule has 3 rings (SSSR count). The van der Waals surface area contributed by atoms with Crippen molar-refractivity contribution >= 4 is 5.95 Å². The van der Waals surface area contributed by atoms with Gasteiger partial charge >= 0.3 is 0 Å². The van der Waals surface area contributed by atoms with Crippen LogP contribution in [0.1, 0.15) is 36.4 Å². The molecule has 6 heteroatoms. The Morgan fingerprint density at radius 2 is 2.05 bits per heavy atom. The van der Waals surface area contributed by atoms with E-state index in [1.54, 1.807) is 19.2 Å². The molecule has 0 saturated heterocycles. The Bertz CT molecular complexity index is 579. The number of nitrogens with zero attached hydrogens (tertiary/aromatic N) is 3. The Morgan fingerprint density at radius 1 is 1.32 bits per heavy atom. The molecule has 19 heavy (non-hydrogen) atoms. The first-order valence-electron chi connectivity index (χ1n) is 6.22. The average Bonchev–Trinajstić information content (AvgIpc) is 2.80. The number of phenolic OH excluding ortho intramolecular Hbond substituents is 1. The van der Waals surface area contributed by atoms with E-state index in [2.05, 4.69) is 10.1 Å². The van der Waals surface area contributed by atoms with E-state index in [1.165, 1.54) is 0 Å². The number of aromatic hydroxyl groups is 1. The number of fused-ring (bicyclic) bond motifs is 1. The minimum Gasteiger partial charge on any atom is -0.508 e. The van der Waals surface area contributed by atoms with Crippen molar-refractivity contribution in [3.63, 3.8) is 0 Å². The first-order chi connectivity index (χ1) is 9.19. The molecule has 0 saturated carbocycles. The molecular weight excluding hydrogens is 244 g/mol. The van der Waals surface area contributed by atoms with Crippen molar-refractivity contribution in [1.29, 1.82) is 0 Å². The van der Waals surface area contributed by atoms with Crippen molar-refractivity contribution in [2.24, 2.45) is 0 Å². The molecule has 2 unspecified atom stereocenters. The lowest BCUT2D eigenvalue weighted by atomic mass is 9.96. The normalized spacial score (nSPS) is 22.2. The number of nitrogen functional groups attached to an aromatic ring is 1. The molecule has 100 valence electrons. The Kier molecular flexibility index (Phi) is 2.87. The summed E-state index contributed by atoms with van der Waals surface area (Å²) in [4.78, 5) is 4.25. The lowest BCUT2D eigenvalue weighted by molar-refractivity contribution is 0.0649. The van der Waals surface area contributed by atoms with E-state index in [-0.39, 0.29) is 23.8 Å². The molecule has 3 N–H and O–H groups in total. The van der Waals surface area contributed by atoms with E-state index in [1.807, 2.05) is 16.8 Å². The predicted octanol–water partition coefficient (Wildman–Crippen LogP) is 1.64. The molecule has 1 aliphatic heterocycles. The van der Waals surface area contributed by atoms with Gasteiger partial charge < -0.3 is 15.6 Å². The maximum atomic E-state index is 9.36. The SMILES string of the molecule is COC1CCC(c2ccc(O)cc2)n2nc(N)nc21. The van der Waals surface area contributed by atoms with Crippen molar-refractivity contribution in [3.8, 4) is 5.75 Å². The largest absolute Gasteiger partial charge is 0.508 e. The third-order valence-electron chi connectivity index (χ3n) is 3.52. The van der Waals surface area contributed by atoms with Crippen LogP contribution in [-0.2, 0) is 4.74 Å². The number of nitrogens with two attached hydrogens (primary N) is 1. The summed E-state index contributed by atoms with van der Waals surface area (Å²) in [5, 5.41) is 13.6. The second-order valence-electron chi connectivity index (χ2n) is 4.68. The summed E-state index contributed by atoms with van der Waals surface area (Å²) >= 11 is 0. The van der Waals surface area contributed by atoms with Gasteiger partial charge in [0, 0.05) is 7.11 Å². The molecule has 2 heterocycles. The van der Waals surface area contributed by atoms with E-state index >= 15 is 0 Å². The molecule has 6 nitrogen and oxygen atoms in total. The number of hydrogen-bond acceptors (Lipinski definition) is 5. The van der Waals surface area contributed by atoms with Crippen LogP contribution in [-0.4, -0.2) is 27.0 Å². The van der Waals surface area contributed by atoms with E-state index in [0.29, 0.717) is 0 Å². The van der Waals surface area contributed by atoms with Crippen LogP contribution in [0.2, 0.25) is 0 Å². The van der Waals surface area contributed by atoms with Crippen LogP contribution in [0.15, 0.2) is 24.3 Å². The first kappa shape index (κ1) is 12.0. The van der Waals surface area contributed by atoms with E-state index in [4.69, 9.17) is 10.5 Å². The first-order valence-corrected chi connectivity index (χ1v) is 6.22. The van der Waals surface area contributed by atoms with Gasteiger partial charge in [-0.15, -0.1) is 5.10 Å². The summed E-state index contributed by atoms with van der Waals surface area (Å²) in [5.74, 6) is 1.29. The van der Waals surface area contributed by atoms with Gasteiger partial charge in [0.05, 0.1) is 6.04 Å². The van der Waals surface area contributed by atoms with Crippen LogP contribution in [0.25, 0.3) is 0 Å². The summed E-state index contributed by atoms with van der Waals surface area (Å²) in [6, 6.07) is 7.24. The summed E-state index contributed by atoms with van der Waals surface area (Å²) < 4.78 is 7.25. The highest BCUT2D eigenvalue weighted by Crippen LogP contribution is 2.36. The lowest BCUT2D eigenvalue weighted by Gasteiger charge is -2.28. The number of hydrogen-bond donors (Lipinski definition) is 2. The third kappa shape index (κ3) is 2.04. The molecule has 2 atom stereocenters. The minimum absolute atomic E-state index is 0.0573. The molecule has 0 aliphatic carbocycles. The zero-order valence-corrected chi connectivity index (χ0v) is 10.7. The van der Waals surface area contributed by atoms with Gasteiger partial charge in [-0.25, -0.2) is 4.68 Å². The number of methoxy groups -OCH3 is 1. The van der Waals surface area contributed by atoms with Gasteiger partial charge in [-0.05, 0) is 30.5 Å². The molecular formula is C13H16N4O2. The van der Waals surface area contributed by atoms with Crippen LogP contribution < -0.4 is 5.73 Å². The summed E-state index contributed by atoms with van der Waals surface area (Å²) in [7, 11) is 1.67. The number of rotatable bonds is 2. The van der Waals surface area contributed by atoms with Crippen molar-refractivity contribution in [2.75, 3.05) is 12.8 Å². The van der Waals surface area contributed by atoms with E-state index in [9.17, 15) is 5.11 Å². The van der Waals surface area contributed by atoms with Crippen LogP contribution in [0.3, 0.4) is 0 Å². The maximum absolute atomic E-state index is 9.36. The summed E-state index contributed by atoms with van der Waals surface area (Å²) in [6.07, 6.45) is 1.72. The number of ether oxygens (including phenoxy) is 1. The van der Waals surface area contributed by atoms with Gasteiger partial charge in [0.2, 0.25) is 5.95 Å². The summed E-state index contributed by atoms with van der Waals surface area (Å²) in [5.41, 5.74) is 6.78. The second kappa shape index (κ2) is 4.55. The molecule has 1 aromatic carbocycles. The summed E-state index contributed by atoms with van der Waals surface area (Å²) in [6.45, 7) is 0. The fourth-order valence-corrected chi connectivity index (χ4v) is 2.59. The number of benzene rings is 1. The zero-order valence-electron chi connectivity index (χ0n) is 10.7. The van der Waals surface area contributed by atoms with Gasteiger partial charge in [0.25, 0.3) is 0 Å². The molecule has 0 spiro atoms. The average molecular weight is 260 g/mol. The molecule has 0 amide bonds. The Balaban J connectivity index is 2.02. The van der Waals surface area contributed by atoms with E-state index < -0.39 is 0 Å². The highest BCUT2D eigenvalue weighted by atomic mass is 16.5. The maximum Gasteiger partial charge on any atom is 0.239 e. The van der Waals surface area contributed by atoms with Gasteiger partial charge in [-0.2, -0.15) is 4.98 Å². The standard InChI is InChI=1S/C13H16N4O2/c1-19-11-7-6-10(8-2-4-9(18)5-3-8)17-12(11)15-13(14)16-17/h2-5,10-11,18H,6-7H2,1H3,(H2,14,16). The Hall–Kier alpha value is -2.08. The van der Waals surface area contributed by atoms with Crippen LogP contribution in [0.5, 0.6) is 5.75 Å². The molecule has 0 radical (unpaired) electrons. The predicted molar refractivity (Wildman–Crippen MR) is 69.7 cm³/mol. The van der Waals surface area contributed by atoms with Crippen molar-refractivity contribution in [2.45, 2.75) is 25.0 Å². The van der Waals surface area contributed by atoms with Gasteiger partial charge in [0.15, 0.2) is 5.82 Å². The third-order valence-corrected chi connectivity index (χ3v) is 3.52. The Labute approximate surface area is 110 Å². The fraction of sp³-hybridized carbons (Fsp3) is 0.385. The molecule has 1 aromatic heterocycles. The number of anilines is 1. The monoisotopic (exact) mass is 260 g/mol. The molecule has 0 bridgehead atoms.